The van der Waals surface area contributed by atoms with E-state index in [-0.39, 0.29) is 35.0 Å². The van der Waals surface area contributed by atoms with E-state index in [1.54, 1.807) is 19.2 Å². The van der Waals surface area contributed by atoms with E-state index in [4.69, 9.17) is 14.9 Å². The Hall–Kier alpha value is -0.780. The maximum atomic E-state index is 9.61. The zero-order valence-electron chi connectivity index (χ0n) is 10.9. The van der Waals surface area contributed by atoms with Crippen LogP contribution in [0.1, 0.15) is 26.3 Å². The zero-order chi connectivity index (χ0) is 12.8. The second-order valence-corrected chi connectivity index (χ2v) is 4.21. The van der Waals surface area contributed by atoms with Crippen molar-refractivity contribution in [1.29, 1.82) is 0 Å². The maximum Gasteiger partial charge on any atom is 1.00 e. The topological polar surface area (TPSA) is 82.0 Å². The summed E-state index contributed by atoms with van der Waals surface area (Å²) in [5.41, 5.74) is 0.852. The van der Waals surface area contributed by atoms with Crippen LogP contribution in [0.4, 0.5) is 0 Å². The summed E-state index contributed by atoms with van der Waals surface area (Å²) >= 11 is 0. The van der Waals surface area contributed by atoms with E-state index in [0.29, 0.717) is 5.75 Å². The van der Waals surface area contributed by atoms with Gasteiger partial charge in [0.2, 0.25) is 0 Å². The summed E-state index contributed by atoms with van der Waals surface area (Å²) < 4.78 is 5.09. The Bertz CT molecular complexity index is 350. The fraction of sp³-hybridized carbons (Fsp3) is 0.455. The van der Waals surface area contributed by atoms with E-state index in [0.717, 1.165) is 16.7 Å². The van der Waals surface area contributed by atoms with Crippen LogP contribution in [-0.4, -0.2) is 12.2 Å². The van der Waals surface area contributed by atoms with Crippen LogP contribution in [0.5, 0.6) is 11.5 Å². The average Bonchev–Trinajstić information content (AvgIpc) is 2.18. The van der Waals surface area contributed by atoms with Crippen molar-refractivity contribution in [2.45, 2.75) is 26.2 Å². The molecule has 0 amide bonds. The molecule has 0 aliphatic rings. The van der Waals surface area contributed by atoms with Crippen molar-refractivity contribution >= 4 is 0 Å². The van der Waals surface area contributed by atoms with Crippen LogP contribution in [0.3, 0.4) is 0 Å². The first-order chi connectivity index (χ1) is 7.36. The fourth-order valence-electron chi connectivity index (χ4n) is 1.24. The van der Waals surface area contributed by atoms with Crippen LogP contribution in [0.15, 0.2) is 23.5 Å². The van der Waals surface area contributed by atoms with Gasteiger partial charge in [-0.25, -0.2) is 0 Å². The molecule has 0 radical (unpaired) electrons. The molecule has 6 heteroatoms. The van der Waals surface area contributed by atoms with Crippen LogP contribution in [0.25, 0.3) is 0 Å². The predicted octanol–water partition coefficient (Wildman–Crippen LogP) is -0.0471. The largest absolute Gasteiger partial charge is 1.00 e. The van der Waals surface area contributed by atoms with Gasteiger partial charge in [-0.05, 0) is 23.6 Å². The van der Waals surface area contributed by atoms with Gasteiger partial charge in [0.05, 0.1) is 7.11 Å². The SMILES string of the molecule is COc1ccc(O)c(C(C)(C)C)c1.O=N[O-].[Na+]. The van der Waals surface area contributed by atoms with Crippen molar-refractivity contribution in [2.75, 3.05) is 7.11 Å². The van der Waals surface area contributed by atoms with Gasteiger partial charge in [0, 0.05) is 5.56 Å². The molecule has 0 aliphatic carbocycles. The van der Waals surface area contributed by atoms with E-state index in [2.05, 4.69) is 20.8 Å². The van der Waals surface area contributed by atoms with Crippen molar-refractivity contribution in [1.82, 2.24) is 0 Å². The molecule has 1 N–H and O–H groups in total. The molecule has 0 spiro atoms. The van der Waals surface area contributed by atoms with E-state index >= 15 is 0 Å². The van der Waals surface area contributed by atoms with Gasteiger partial charge in [-0.1, -0.05) is 20.8 Å². The van der Waals surface area contributed by atoms with Gasteiger partial charge in [0.1, 0.15) is 11.5 Å². The number of aromatic hydroxyl groups is 1. The van der Waals surface area contributed by atoms with Gasteiger partial charge >= 0.3 is 29.6 Å². The molecule has 0 saturated heterocycles. The third kappa shape index (κ3) is 6.51. The van der Waals surface area contributed by atoms with Gasteiger partial charge in [-0.3, -0.25) is 0 Å². The number of benzene rings is 1. The van der Waals surface area contributed by atoms with E-state index in [9.17, 15) is 5.11 Å². The molecule has 1 aromatic rings. The third-order valence-corrected chi connectivity index (χ3v) is 2.01. The summed E-state index contributed by atoms with van der Waals surface area (Å²) in [6, 6.07) is 5.29. The summed E-state index contributed by atoms with van der Waals surface area (Å²) in [4.78, 5) is 8.00. The molecule has 0 fully saturated rings. The van der Waals surface area contributed by atoms with Gasteiger partial charge in [0.15, 0.2) is 0 Å². The molecule has 90 valence electrons. The molecular formula is C11H16NNaO4. The molecule has 0 heterocycles. The summed E-state index contributed by atoms with van der Waals surface area (Å²) in [6.45, 7) is 6.17. The molecule has 5 nitrogen and oxygen atoms in total. The summed E-state index contributed by atoms with van der Waals surface area (Å²) in [7, 11) is 1.62. The number of hydrogen-bond acceptors (Lipinski definition) is 5. The minimum Gasteiger partial charge on any atom is -0.508 e. The van der Waals surface area contributed by atoms with Crippen molar-refractivity contribution in [2.24, 2.45) is 5.34 Å². The average molecular weight is 249 g/mol. The molecule has 17 heavy (non-hydrogen) atoms. The first kappa shape index (κ1) is 18.6. The molecule has 1 aromatic carbocycles. The van der Waals surface area contributed by atoms with Crippen LogP contribution >= 0.6 is 0 Å². The Morgan fingerprint density at radius 1 is 1.35 bits per heavy atom. The molecule has 0 aromatic heterocycles. The van der Waals surface area contributed by atoms with Crippen LogP contribution in [0, 0.1) is 10.1 Å². The predicted molar refractivity (Wildman–Crippen MR) is 62.5 cm³/mol. The Morgan fingerprint density at radius 2 is 1.82 bits per heavy atom. The van der Waals surface area contributed by atoms with E-state index in [1.807, 2.05) is 6.07 Å². The normalized spacial score (nSPS) is 9.41. The Kier molecular flexibility index (Phi) is 9.11. The van der Waals surface area contributed by atoms with Crippen LogP contribution in [-0.2, 0) is 5.41 Å². The van der Waals surface area contributed by atoms with E-state index < -0.39 is 0 Å². The number of phenolic OH excluding ortho intramolecular Hbond substituents is 1. The number of methoxy groups -OCH3 is 1. The molecule has 0 atom stereocenters. The Balaban J connectivity index is 0. The van der Waals surface area contributed by atoms with Crippen molar-refractivity contribution in [3.05, 3.63) is 33.9 Å². The van der Waals surface area contributed by atoms with Crippen molar-refractivity contribution < 1.29 is 39.4 Å². The van der Waals surface area contributed by atoms with E-state index in [1.165, 1.54) is 0 Å². The van der Waals surface area contributed by atoms with Gasteiger partial charge < -0.3 is 20.0 Å². The number of rotatable bonds is 1. The monoisotopic (exact) mass is 249 g/mol. The first-order valence-corrected chi connectivity index (χ1v) is 4.69. The smallest absolute Gasteiger partial charge is 0.508 e. The van der Waals surface area contributed by atoms with Gasteiger partial charge in [0.25, 0.3) is 0 Å². The van der Waals surface area contributed by atoms with Crippen LogP contribution in [0.2, 0.25) is 0 Å². The number of ether oxygens (including phenoxy) is 1. The third-order valence-electron chi connectivity index (χ3n) is 2.01. The second-order valence-electron chi connectivity index (χ2n) is 4.21. The molecule has 0 aliphatic heterocycles. The molecular weight excluding hydrogens is 233 g/mol. The maximum absolute atomic E-state index is 9.61. The first-order valence-electron chi connectivity index (χ1n) is 4.69. The summed E-state index contributed by atoms with van der Waals surface area (Å²) in [5.74, 6) is 1.11. The summed E-state index contributed by atoms with van der Waals surface area (Å²) in [6.07, 6.45) is 0. The minimum atomic E-state index is -0.0569. The Morgan fingerprint density at radius 3 is 2.18 bits per heavy atom. The quantitative estimate of drug-likeness (QED) is 0.430. The van der Waals surface area contributed by atoms with Gasteiger partial charge in [-0.2, -0.15) is 0 Å². The molecule has 1 rings (SSSR count). The minimum absolute atomic E-state index is 0. The standard InChI is InChI=1S/C11H16O2.HNO2.Na/c1-11(2,3)9-7-8(13-4)5-6-10(9)12;2-1-3;/h5-7,12H,1-4H3;(H,2,3);/q;;+1/p-1. The Labute approximate surface area is 123 Å². The molecule has 0 bridgehead atoms. The number of nitrogens with zero attached hydrogens (tertiary/aromatic N) is 1. The molecule has 0 unspecified atom stereocenters. The second kappa shape index (κ2) is 8.33. The van der Waals surface area contributed by atoms with Crippen molar-refractivity contribution in [3.63, 3.8) is 0 Å². The van der Waals surface area contributed by atoms with Gasteiger partial charge in [-0.15, -0.1) is 5.34 Å². The fourth-order valence-corrected chi connectivity index (χ4v) is 1.24. The summed E-state index contributed by atoms with van der Waals surface area (Å²) in [5, 5.41) is 18.6. The number of phenols is 1. The van der Waals surface area contributed by atoms with Crippen molar-refractivity contribution in [3.8, 4) is 11.5 Å². The molecule has 0 saturated carbocycles. The van der Waals surface area contributed by atoms with Crippen LogP contribution < -0.4 is 34.3 Å². The number of hydrogen-bond donors (Lipinski definition) is 1. The zero-order valence-corrected chi connectivity index (χ0v) is 12.9.